The highest BCUT2D eigenvalue weighted by molar-refractivity contribution is 5.97. The molecule has 1 aliphatic heterocycles. The number of anilines is 1. The molecule has 1 fully saturated rings. The van der Waals surface area contributed by atoms with Crippen molar-refractivity contribution < 1.29 is 9.53 Å². The summed E-state index contributed by atoms with van der Waals surface area (Å²) in [6, 6.07) is 5.56. The quantitative estimate of drug-likeness (QED) is 0.633. The highest BCUT2D eigenvalue weighted by Crippen LogP contribution is 2.11. The maximum absolute atomic E-state index is 11.9. The van der Waals surface area contributed by atoms with Crippen LogP contribution in [0.1, 0.15) is 18.5 Å². The first-order valence-corrected chi connectivity index (χ1v) is 6.88. The normalized spacial score (nSPS) is 18.1. The monoisotopic (exact) mass is 286 g/mol. The Bertz CT molecular complexity index is 554. The predicted octanol–water partition coefficient (Wildman–Crippen LogP) is 1.50. The molecule has 0 radical (unpaired) electrons. The minimum atomic E-state index is -0.402. The van der Waals surface area contributed by atoms with Gasteiger partial charge < -0.3 is 15.4 Å². The Labute approximate surface area is 123 Å². The van der Waals surface area contributed by atoms with Gasteiger partial charge in [-0.1, -0.05) is 0 Å². The van der Waals surface area contributed by atoms with E-state index in [0.29, 0.717) is 6.54 Å². The van der Waals surface area contributed by atoms with Crippen molar-refractivity contribution >= 4 is 11.6 Å². The summed E-state index contributed by atoms with van der Waals surface area (Å²) in [5.41, 5.74) is 1.65. The molecule has 1 unspecified atom stereocenters. The Morgan fingerprint density at radius 1 is 1.62 bits per heavy atom. The van der Waals surface area contributed by atoms with Crippen LogP contribution in [0.15, 0.2) is 30.1 Å². The van der Waals surface area contributed by atoms with Crippen LogP contribution in [0.5, 0.6) is 0 Å². The number of aryl methyl sites for hydroxylation is 1. The molecule has 0 aromatic carbocycles. The minimum Gasteiger partial charge on any atom is -0.376 e. The molecule has 1 atom stereocenters. The van der Waals surface area contributed by atoms with E-state index in [4.69, 9.17) is 10.00 Å². The number of pyridine rings is 1. The van der Waals surface area contributed by atoms with E-state index >= 15 is 0 Å². The second-order valence-corrected chi connectivity index (χ2v) is 4.85. The van der Waals surface area contributed by atoms with Crippen LogP contribution in [-0.2, 0) is 9.53 Å². The molecule has 0 spiro atoms. The van der Waals surface area contributed by atoms with Gasteiger partial charge >= 0.3 is 0 Å². The number of aromatic nitrogens is 1. The molecule has 1 amide bonds. The van der Waals surface area contributed by atoms with E-state index in [1.165, 1.54) is 6.20 Å². The second-order valence-electron chi connectivity index (χ2n) is 4.85. The molecular weight excluding hydrogens is 268 g/mol. The molecular formula is C15H18N4O2. The third kappa shape index (κ3) is 4.58. The number of nitrogens with zero attached hydrogens (tertiary/aromatic N) is 2. The van der Waals surface area contributed by atoms with Crippen molar-refractivity contribution in [3.8, 4) is 6.07 Å². The van der Waals surface area contributed by atoms with Gasteiger partial charge in [0.15, 0.2) is 0 Å². The van der Waals surface area contributed by atoms with Crippen LogP contribution in [0.4, 0.5) is 5.69 Å². The summed E-state index contributed by atoms with van der Waals surface area (Å²) in [6.45, 7) is 3.06. The standard InChI is InChI=1S/C15H18N4O2/c1-11-4-5-13(9-17-11)18-8-12(7-16)15(20)19-10-14-3-2-6-21-14/h4-5,8-9,14,18H,2-3,6,10H2,1H3,(H,19,20)/b12-8-. The van der Waals surface area contributed by atoms with Gasteiger partial charge in [0.25, 0.3) is 5.91 Å². The predicted molar refractivity (Wildman–Crippen MR) is 78.3 cm³/mol. The SMILES string of the molecule is Cc1ccc(N/C=C(/C#N)C(=O)NCC2CCCO2)cn1. The number of nitrogens with one attached hydrogen (secondary N) is 2. The molecule has 0 aliphatic carbocycles. The van der Waals surface area contributed by atoms with Gasteiger partial charge in [-0.2, -0.15) is 5.26 Å². The van der Waals surface area contributed by atoms with Crippen LogP contribution in [0, 0.1) is 18.3 Å². The fourth-order valence-electron chi connectivity index (χ4n) is 1.96. The number of carbonyl (C=O) groups is 1. The Kier molecular flexibility index (Phi) is 5.29. The zero-order chi connectivity index (χ0) is 15.1. The van der Waals surface area contributed by atoms with Crippen molar-refractivity contribution in [2.75, 3.05) is 18.5 Å². The first-order valence-electron chi connectivity index (χ1n) is 6.88. The lowest BCUT2D eigenvalue weighted by Gasteiger charge is -2.10. The van der Waals surface area contributed by atoms with Gasteiger partial charge in [-0.15, -0.1) is 0 Å². The molecule has 6 heteroatoms. The van der Waals surface area contributed by atoms with Gasteiger partial charge in [-0.25, -0.2) is 0 Å². The lowest BCUT2D eigenvalue weighted by molar-refractivity contribution is -0.117. The van der Waals surface area contributed by atoms with Gasteiger partial charge in [0.05, 0.1) is 18.0 Å². The van der Waals surface area contributed by atoms with Gasteiger partial charge in [0.2, 0.25) is 0 Å². The molecule has 0 saturated carbocycles. The second kappa shape index (κ2) is 7.41. The summed E-state index contributed by atoms with van der Waals surface area (Å²) in [4.78, 5) is 16.0. The highest BCUT2D eigenvalue weighted by atomic mass is 16.5. The average Bonchev–Trinajstić information content (AvgIpc) is 3.01. The van der Waals surface area contributed by atoms with Crippen LogP contribution >= 0.6 is 0 Å². The van der Waals surface area contributed by atoms with Crippen molar-refractivity contribution in [2.45, 2.75) is 25.9 Å². The summed E-state index contributed by atoms with van der Waals surface area (Å²) in [7, 11) is 0. The topological polar surface area (TPSA) is 87.0 Å². The van der Waals surface area contributed by atoms with E-state index in [2.05, 4.69) is 15.6 Å². The maximum atomic E-state index is 11.9. The first kappa shape index (κ1) is 15.0. The number of hydrogen-bond donors (Lipinski definition) is 2. The fraction of sp³-hybridized carbons (Fsp3) is 0.400. The number of rotatable bonds is 5. The molecule has 1 saturated heterocycles. The number of carbonyl (C=O) groups excluding carboxylic acids is 1. The van der Waals surface area contributed by atoms with E-state index in [9.17, 15) is 4.79 Å². The van der Waals surface area contributed by atoms with Crippen molar-refractivity contribution in [1.82, 2.24) is 10.3 Å². The molecule has 0 bridgehead atoms. The largest absolute Gasteiger partial charge is 0.376 e. The number of hydrogen-bond acceptors (Lipinski definition) is 5. The van der Waals surface area contributed by atoms with Crippen LogP contribution < -0.4 is 10.6 Å². The molecule has 6 nitrogen and oxygen atoms in total. The molecule has 2 heterocycles. The zero-order valence-electron chi connectivity index (χ0n) is 11.9. The molecule has 110 valence electrons. The molecule has 21 heavy (non-hydrogen) atoms. The Balaban J connectivity index is 1.88. The third-order valence-corrected chi connectivity index (χ3v) is 3.17. The van der Waals surface area contributed by atoms with Crippen molar-refractivity contribution in [1.29, 1.82) is 5.26 Å². The Morgan fingerprint density at radius 2 is 2.48 bits per heavy atom. The molecule has 2 N–H and O–H groups in total. The van der Waals surface area contributed by atoms with E-state index in [1.807, 2.05) is 25.1 Å². The van der Waals surface area contributed by atoms with Gasteiger partial charge in [-0.3, -0.25) is 9.78 Å². The average molecular weight is 286 g/mol. The van der Waals surface area contributed by atoms with Gasteiger partial charge in [-0.05, 0) is 31.9 Å². The minimum absolute atomic E-state index is 0.0218. The van der Waals surface area contributed by atoms with Crippen molar-refractivity contribution in [2.24, 2.45) is 0 Å². The number of ether oxygens (including phenoxy) is 1. The van der Waals surface area contributed by atoms with Crippen LogP contribution in [0.2, 0.25) is 0 Å². The number of nitriles is 1. The van der Waals surface area contributed by atoms with E-state index in [-0.39, 0.29) is 11.7 Å². The molecule has 1 aliphatic rings. The maximum Gasteiger partial charge on any atom is 0.263 e. The summed E-state index contributed by atoms with van der Waals surface area (Å²) in [6.07, 6.45) is 5.05. The van der Waals surface area contributed by atoms with Crippen molar-refractivity contribution in [3.63, 3.8) is 0 Å². The van der Waals surface area contributed by atoms with E-state index < -0.39 is 5.91 Å². The summed E-state index contributed by atoms with van der Waals surface area (Å²) >= 11 is 0. The van der Waals surface area contributed by atoms with E-state index in [0.717, 1.165) is 30.8 Å². The van der Waals surface area contributed by atoms with Crippen molar-refractivity contribution in [3.05, 3.63) is 35.8 Å². The highest BCUT2D eigenvalue weighted by Gasteiger charge is 2.17. The lowest BCUT2D eigenvalue weighted by Crippen LogP contribution is -2.32. The van der Waals surface area contributed by atoms with Gasteiger partial charge in [0.1, 0.15) is 11.6 Å². The smallest absolute Gasteiger partial charge is 0.263 e. The molecule has 1 aromatic heterocycles. The van der Waals surface area contributed by atoms with Crippen LogP contribution in [-0.4, -0.2) is 30.1 Å². The van der Waals surface area contributed by atoms with Gasteiger partial charge in [0, 0.05) is 25.0 Å². The fourth-order valence-corrected chi connectivity index (χ4v) is 1.96. The summed E-state index contributed by atoms with van der Waals surface area (Å²) < 4.78 is 5.42. The third-order valence-electron chi connectivity index (χ3n) is 3.17. The number of amides is 1. The summed E-state index contributed by atoms with van der Waals surface area (Å²) in [5, 5.41) is 14.6. The Morgan fingerprint density at radius 3 is 3.10 bits per heavy atom. The summed E-state index contributed by atoms with van der Waals surface area (Å²) in [5.74, 6) is -0.402. The molecule has 2 rings (SSSR count). The lowest BCUT2D eigenvalue weighted by atomic mass is 10.2. The van der Waals surface area contributed by atoms with Crippen LogP contribution in [0.25, 0.3) is 0 Å². The zero-order valence-corrected chi connectivity index (χ0v) is 11.9. The van der Waals surface area contributed by atoms with Crippen LogP contribution in [0.3, 0.4) is 0 Å². The first-order chi connectivity index (χ1) is 10.2. The van der Waals surface area contributed by atoms with E-state index in [1.54, 1.807) is 6.20 Å². The Hall–Kier alpha value is -2.39. The molecule has 1 aromatic rings.